The van der Waals surface area contributed by atoms with Crippen LogP contribution in [0, 0.1) is 0 Å². The van der Waals surface area contributed by atoms with Crippen LogP contribution in [0.5, 0.6) is 0 Å². The highest BCUT2D eigenvalue weighted by Crippen LogP contribution is 2.34. The largest absolute Gasteiger partial charge is 0.342 e. The predicted octanol–water partition coefficient (Wildman–Crippen LogP) is 1.89. The molecule has 0 aliphatic carbocycles. The lowest BCUT2D eigenvalue weighted by Crippen LogP contribution is -2.31. The fourth-order valence-corrected chi connectivity index (χ4v) is 3.11. The number of amides is 1. The van der Waals surface area contributed by atoms with Crippen molar-refractivity contribution in [2.24, 2.45) is 0 Å². The number of nitrogens with zero attached hydrogens (tertiary/aromatic N) is 5. The Bertz CT molecular complexity index is 883. The Labute approximate surface area is 132 Å². The lowest BCUT2D eigenvalue weighted by molar-refractivity contribution is -0.128. The summed E-state index contributed by atoms with van der Waals surface area (Å²) in [6, 6.07) is 3.85. The van der Waals surface area contributed by atoms with Gasteiger partial charge in [-0.15, -0.1) is 0 Å². The second kappa shape index (κ2) is 4.91. The first-order valence-corrected chi connectivity index (χ1v) is 7.59. The van der Waals surface area contributed by atoms with Gasteiger partial charge >= 0.3 is 0 Å². The molecule has 1 atom stereocenters. The maximum Gasteiger partial charge on any atom is 0.234 e. The van der Waals surface area contributed by atoms with Crippen molar-refractivity contribution in [3.63, 3.8) is 0 Å². The maximum atomic E-state index is 11.6. The molecule has 3 aromatic rings. The minimum Gasteiger partial charge on any atom is -0.342 e. The Kier molecular flexibility index (Phi) is 2.97. The first-order chi connectivity index (χ1) is 11.1. The van der Waals surface area contributed by atoms with Crippen molar-refractivity contribution in [3.05, 3.63) is 36.6 Å². The van der Waals surface area contributed by atoms with E-state index in [4.69, 9.17) is 4.52 Å². The van der Waals surface area contributed by atoms with Gasteiger partial charge in [0, 0.05) is 38.6 Å². The molecule has 1 unspecified atom stereocenters. The van der Waals surface area contributed by atoms with Crippen molar-refractivity contribution in [2.45, 2.75) is 25.7 Å². The van der Waals surface area contributed by atoms with Crippen LogP contribution in [0.15, 0.2) is 35.2 Å². The van der Waals surface area contributed by atoms with Crippen LogP contribution in [0.2, 0.25) is 0 Å². The number of fused-ring (bicyclic) bond motifs is 1. The normalized spacial score (nSPS) is 21.2. The van der Waals surface area contributed by atoms with Gasteiger partial charge in [0.05, 0.1) is 11.0 Å². The summed E-state index contributed by atoms with van der Waals surface area (Å²) in [7, 11) is 0. The van der Waals surface area contributed by atoms with E-state index >= 15 is 0 Å². The fourth-order valence-electron chi connectivity index (χ4n) is 3.11. The Morgan fingerprint density at radius 1 is 1.39 bits per heavy atom. The van der Waals surface area contributed by atoms with Gasteiger partial charge in [0.2, 0.25) is 17.6 Å². The molecule has 1 aliphatic heterocycles. The van der Waals surface area contributed by atoms with Gasteiger partial charge in [-0.1, -0.05) is 5.16 Å². The number of rotatable bonds is 2. The van der Waals surface area contributed by atoms with Crippen molar-refractivity contribution in [1.29, 1.82) is 0 Å². The minimum atomic E-state index is -0.294. The van der Waals surface area contributed by atoms with Crippen molar-refractivity contribution in [3.8, 4) is 11.4 Å². The van der Waals surface area contributed by atoms with Gasteiger partial charge in [0.25, 0.3) is 0 Å². The standard InChI is InChI=1S/C16H17N5O2/c1-11(22)21-8-5-16(2,10-21)15-18-13(19-23-15)12-4-3-7-20-9-6-17-14(12)20/h3-4,6-7,9H,5,8,10H2,1-2H3. The molecule has 0 radical (unpaired) electrons. The third kappa shape index (κ3) is 2.19. The zero-order valence-electron chi connectivity index (χ0n) is 13.1. The summed E-state index contributed by atoms with van der Waals surface area (Å²) in [5.41, 5.74) is 1.33. The Balaban J connectivity index is 1.70. The van der Waals surface area contributed by atoms with Crippen LogP contribution < -0.4 is 0 Å². The quantitative estimate of drug-likeness (QED) is 0.722. The Morgan fingerprint density at radius 3 is 3.04 bits per heavy atom. The van der Waals surface area contributed by atoms with E-state index in [1.807, 2.05) is 33.8 Å². The average Bonchev–Trinajstić information content (AvgIpc) is 3.26. The van der Waals surface area contributed by atoms with E-state index in [1.165, 1.54) is 0 Å². The molecule has 3 aromatic heterocycles. The van der Waals surface area contributed by atoms with Crippen molar-refractivity contribution >= 4 is 11.6 Å². The monoisotopic (exact) mass is 311 g/mol. The highest BCUT2D eigenvalue weighted by molar-refractivity contribution is 5.74. The van der Waals surface area contributed by atoms with E-state index < -0.39 is 0 Å². The lowest BCUT2D eigenvalue weighted by Gasteiger charge is -2.19. The number of imidazole rings is 1. The number of likely N-dealkylation sites (tertiary alicyclic amines) is 1. The van der Waals surface area contributed by atoms with Gasteiger partial charge in [-0.25, -0.2) is 4.98 Å². The molecule has 4 heterocycles. The second-order valence-electron chi connectivity index (χ2n) is 6.25. The third-order valence-corrected chi connectivity index (χ3v) is 4.52. The first-order valence-electron chi connectivity index (χ1n) is 7.59. The predicted molar refractivity (Wildman–Crippen MR) is 82.7 cm³/mol. The molecule has 0 spiro atoms. The molecule has 0 aromatic carbocycles. The SMILES string of the molecule is CC(=O)N1CCC(C)(c2nc(-c3cccn4ccnc34)no2)C1. The molecule has 23 heavy (non-hydrogen) atoms. The summed E-state index contributed by atoms with van der Waals surface area (Å²) in [6.45, 7) is 4.98. The van der Waals surface area contributed by atoms with Gasteiger partial charge in [0.1, 0.15) is 5.65 Å². The van der Waals surface area contributed by atoms with E-state index in [2.05, 4.69) is 22.0 Å². The maximum absolute atomic E-state index is 11.6. The molecule has 0 N–H and O–H groups in total. The van der Waals surface area contributed by atoms with Crippen LogP contribution in [0.25, 0.3) is 17.0 Å². The molecule has 118 valence electrons. The first kappa shape index (κ1) is 13.9. The van der Waals surface area contributed by atoms with Gasteiger partial charge in [0.15, 0.2) is 0 Å². The summed E-state index contributed by atoms with van der Waals surface area (Å²) in [5, 5.41) is 4.13. The Morgan fingerprint density at radius 2 is 2.26 bits per heavy atom. The van der Waals surface area contributed by atoms with Gasteiger partial charge in [-0.3, -0.25) is 4.79 Å². The van der Waals surface area contributed by atoms with E-state index in [1.54, 1.807) is 13.1 Å². The average molecular weight is 311 g/mol. The third-order valence-electron chi connectivity index (χ3n) is 4.52. The highest BCUT2D eigenvalue weighted by Gasteiger charge is 2.41. The van der Waals surface area contributed by atoms with E-state index in [-0.39, 0.29) is 11.3 Å². The molecule has 0 bridgehead atoms. The number of pyridine rings is 1. The zero-order valence-corrected chi connectivity index (χ0v) is 13.1. The van der Waals surface area contributed by atoms with Crippen LogP contribution in [-0.4, -0.2) is 43.4 Å². The van der Waals surface area contributed by atoms with E-state index in [9.17, 15) is 4.79 Å². The second-order valence-corrected chi connectivity index (χ2v) is 6.25. The van der Waals surface area contributed by atoms with Crippen LogP contribution >= 0.6 is 0 Å². The summed E-state index contributed by atoms with van der Waals surface area (Å²) in [5.74, 6) is 1.18. The molecule has 1 aliphatic rings. The lowest BCUT2D eigenvalue weighted by atomic mass is 9.90. The van der Waals surface area contributed by atoms with Crippen molar-refractivity contribution in [1.82, 2.24) is 24.4 Å². The summed E-state index contributed by atoms with van der Waals surface area (Å²) in [6.07, 6.45) is 6.36. The zero-order chi connectivity index (χ0) is 16.0. The van der Waals surface area contributed by atoms with Crippen LogP contribution in [-0.2, 0) is 10.2 Å². The molecule has 1 saturated heterocycles. The van der Waals surface area contributed by atoms with Crippen molar-refractivity contribution < 1.29 is 9.32 Å². The molecule has 4 rings (SSSR count). The summed E-state index contributed by atoms with van der Waals surface area (Å²) >= 11 is 0. The van der Waals surface area contributed by atoms with Crippen LogP contribution in [0.3, 0.4) is 0 Å². The number of carbonyl (C=O) groups is 1. The highest BCUT2D eigenvalue weighted by atomic mass is 16.5. The summed E-state index contributed by atoms with van der Waals surface area (Å²) in [4.78, 5) is 22.3. The summed E-state index contributed by atoms with van der Waals surface area (Å²) < 4.78 is 7.44. The van der Waals surface area contributed by atoms with Gasteiger partial charge in [-0.2, -0.15) is 4.98 Å². The molecule has 7 nitrogen and oxygen atoms in total. The van der Waals surface area contributed by atoms with Crippen LogP contribution in [0.4, 0.5) is 0 Å². The number of carbonyl (C=O) groups excluding carboxylic acids is 1. The van der Waals surface area contributed by atoms with Gasteiger partial charge in [-0.05, 0) is 25.5 Å². The number of aromatic nitrogens is 4. The smallest absolute Gasteiger partial charge is 0.234 e. The van der Waals surface area contributed by atoms with E-state index in [0.29, 0.717) is 18.3 Å². The number of hydrogen-bond acceptors (Lipinski definition) is 5. The number of hydrogen-bond donors (Lipinski definition) is 0. The molecular formula is C16H17N5O2. The minimum absolute atomic E-state index is 0.0793. The van der Waals surface area contributed by atoms with Crippen LogP contribution in [0.1, 0.15) is 26.2 Å². The van der Waals surface area contributed by atoms with E-state index in [0.717, 1.165) is 24.2 Å². The molecule has 1 amide bonds. The molecular weight excluding hydrogens is 294 g/mol. The van der Waals surface area contributed by atoms with Gasteiger partial charge < -0.3 is 13.8 Å². The van der Waals surface area contributed by atoms with Crippen molar-refractivity contribution in [2.75, 3.05) is 13.1 Å². The Hall–Kier alpha value is -2.70. The fraction of sp³-hybridized carbons (Fsp3) is 0.375. The molecule has 1 fully saturated rings. The molecule has 7 heteroatoms. The topological polar surface area (TPSA) is 76.5 Å². The molecule has 0 saturated carbocycles.